The molecule has 1 aromatic heterocycles. The highest BCUT2D eigenvalue weighted by Gasteiger charge is 2.21. The van der Waals surface area contributed by atoms with Crippen molar-refractivity contribution in [1.29, 1.82) is 0 Å². The van der Waals surface area contributed by atoms with Gasteiger partial charge in [0.25, 0.3) is 0 Å². The summed E-state index contributed by atoms with van der Waals surface area (Å²) in [4.78, 5) is 12.9. The van der Waals surface area contributed by atoms with E-state index in [1.165, 1.54) is 23.9 Å². The third-order valence-corrected chi connectivity index (χ3v) is 6.41. The molecule has 6 nitrogen and oxygen atoms in total. The highest BCUT2D eigenvalue weighted by atomic mass is 32.2. The number of rotatable bonds is 9. The van der Waals surface area contributed by atoms with Crippen LogP contribution in [0.5, 0.6) is 0 Å². The molecule has 34 heavy (non-hydrogen) atoms. The smallest absolute Gasteiger partial charge is 0.237 e. The lowest BCUT2D eigenvalue weighted by molar-refractivity contribution is -0.115. The van der Waals surface area contributed by atoms with Crippen molar-refractivity contribution in [3.63, 3.8) is 0 Å². The first-order valence-corrected chi connectivity index (χ1v) is 11.9. The third-order valence-electron chi connectivity index (χ3n) is 5.33. The largest absolute Gasteiger partial charge is 0.378 e. The normalized spacial score (nSPS) is 11.7. The van der Waals surface area contributed by atoms with Gasteiger partial charge in [0.15, 0.2) is 11.0 Å². The van der Waals surface area contributed by atoms with Crippen LogP contribution in [0, 0.1) is 12.7 Å². The first kappa shape index (κ1) is 23.5. The first-order chi connectivity index (χ1) is 16.5. The van der Waals surface area contributed by atoms with Crippen molar-refractivity contribution in [3.8, 4) is 0 Å². The second-order valence-electron chi connectivity index (χ2n) is 7.90. The first-order valence-electron chi connectivity index (χ1n) is 11.0. The maximum absolute atomic E-state index is 13.2. The standard InChI is InChI=1S/C26H26FN5OS/c1-18-8-6-7-11-23(18)29-25(33)19(2)34-26-31-30-24(16-28-22-14-12-21(27)13-15-22)32(26)17-20-9-4-3-5-10-20/h3-15,19,28H,16-17H2,1-2H3,(H,29,33)/t19-/m0/s1. The predicted octanol–water partition coefficient (Wildman–Crippen LogP) is 5.51. The molecule has 0 saturated carbocycles. The van der Waals surface area contributed by atoms with Gasteiger partial charge in [-0.1, -0.05) is 60.3 Å². The molecule has 4 rings (SSSR count). The fourth-order valence-electron chi connectivity index (χ4n) is 3.37. The maximum atomic E-state index is 13.2. The fraction of sp³-hybridized carbons (Fsp3) is 0.192. The van der Waals surface area contributed by atoms with Crippen molar-refractivity contribution >= 4 is 29.0 Å². The van der Waals surface area contributed by atoms with Gasteiger partial charge in [-0.2, -0.15) is 0 Å². The summed E-state index contributed by atoms with van der Waals surface area (Å²) in [6.45, 7) is 4.80. The van der Waals surface area contributed by atoms with Crippen LogP contribution in [0.2, 0.25) is 0 Å². The number of nitrogens with zero attached hydrogens (tertiary/aromatic N) is 3. The van der Waals surface area contributed by atoms with E-state index in [0.717, 1.165) is 28.3 Å². The Labute approximate surface area is 202 Å². The van der Waals surface area contributed by atoms with Crippen molar-refractivity contribution < 1.29 is 9.18 Å². The van der Waals surface area contributed by atoms with Crippen molar-refractivity contribution in [2.24, 2.45) is 0 Å². The second kappa shape index (κ2) is 11.0. The average Bonchev–Trinajstić information content (AvgIpc) is 3.21. The molecule has 0 saturated heterocycles. The van der Waals surface area contributed by atoms with Gasteiger partial charge in [-0.25, -0.2) is 4.39 Å². The lowest BCUT2D eigenvalue weighted by atomic mass is 10.2. The Morgan fingerprint density at radius 3 is 2.44 bits per heavy atom. The van der Waals surface area contributed by atoms with E-state index < -0.39 is 0 Å². The van der Waals surface area contributed by atoms with Crippen LogP contribution in [0.25, 0.3) is 0 Å². The number of thioether (sulfide) groups is 1. The Hall–Kier alpha value is -3.65. The summed E-state index contributed by atoms with van der Waals surface area (Å²) in [5.41, 5.74) is 3.70. The molecule has 0 aliphatic carbocycles. The van der Waals surface area contributed by atoms with Crippen LogP contribution in [-0.2, 0) is 17.9 Å². The highest BCUT2D eigenvalue weighted by molar-refractivity contribution is 8.00. The predicted molar refractivity (Wildman–Crippen MR) is 134 cm³/mol. The number of anilines is 2. The molecule has 0 aliphatic heterocycles. The van der Waals surface area contributed by atoms with Crippen LogP contribution in [0.3, 0.4) is 0 Å². The summed E-state index contributed by atoms with van der Waals surface area (Å²) in [6, 6.07) is 23.9. The number of carbonyl (C=O) groups excluding carboxylic acids is 1. The van der Waals surface area contributed by atoms with Gasteiger partial charge < -0.3 is 15.2 Å². The van der Waals surface area contributed by atoms with Crippen LogP contribution >= 0.6 is 11.8 Å². The van der Waals surface area contributed by atoms with E-state index in [4.69, 9.17) is 0 Å². The molecule has 0 aliphatic rings. The molecule has 8 heteroatoms. The summed E-state index contributed by atoms with van der Waals surface area (Å²) < 4.78 is 15.2. The van der Waals surface area contributed by atoms with E-state index >= 15 is 0 Å². The molecule has 4 aromatic rings. The number of amides is 1. The zero-order chi connectivity index (χ0) is 23.9. The van der Waals surface area contributed by atoms with Gasteiger partial charge in [0.2, 0.25) is 5.91 Å². The number of nitrogens with one attached hydrogen (secondary N) is 2. The number of hydrogen-bond acceptors (Lipinski definition) is 5. The van der Waals surface area contributed by atoms with Crippen molar-refractivity contribution in [2.75, 3.05) is 10.6 Å². The molecule has 1 heterocycles. The van der Waals surface area contributed by atoms with Crippen LogP contribution in [0.4, 0.5) is 15.8 Å². The van der Waals surface area contributed by atoms with Gasteiger partial charge in [0, 0.05) is 11.4 Å². The zero-order valence-corrected chi connectivity index (χ0v) is 19.8. The fourth-order valence-corrected chi connectivity index (χ4v) is 4.24. The number of hydrogen-bond donors (Lipinski definition) is 2. The number of aryl methyl sites for hydroxylation is 1. The van der Waals surface area contributed by atoms with Crippen LogP contribution in [-0.4, -0.2) is 25.9 Å². The van der Waals surface area contributed by atoms with E-state index in [-0.39, 0.29) is 17.0 Å². The molecule has 174 valence electrons. The summed E-state index contributed by atoms with van der Waals surface area (Å²) >= 11 is 1.37. The molecular formula is C26H26FN5OS. The van der Waals surface area contributed by atoms with E-state index in [2.05, 4.69) is 20.8 Å². The van der Waals surface area contributed by atoms with Gasteiger partial charge in [0.05, 0.1) is 18.3 Å². The van der Waals surface area contributed by atoms with Crippen LogP contribution < -0.4 is 10.6 Å². The Morgan fingerprint density at radius 2 is 1.71 bits per heavy atom. The molecular weight excluding hydrogens is 449 g/mol. The second-order valence-corrected chi connectivity index (χ2v) is 9.20. The summed E-state index contributed by atoms with van der Waals surface area (Å²) in [6.07, 6.45) is 0. The van der Waals surface area contributed by atoms with Crippen molar-refractivity contribution in [2.45, 2.75) is 37.3 Å². The highest BCUT2D eigenvalue weighted by Crippen LogP contribution is 2.25. The molecule has 0 spiro atoms. The van der Waals surface area contributed by atoms with E-state index in [1.807, 2.05) is 73.0 Å². The number of halogens is 1. The molecule has 1 amide bonds. The SMILES string of the molecule is Cc1ccccc1NC(=O)[C@H](C)Sc1nnc(CNc2ccc(F)cc2)n1Cc1ccccc1. The van der Waals surface area contributed by atoms with Gasteiger partial charge >= 0.3 is 0 Å². The summed E-state index contributed by atoms with van der Waals surface area (Å²) in [7, 11) is 0. The molecule has 0 radical (unpaired) electrons. The quantitative estimate of drug-likeness (QED) is 0.313. The Kier molecular flexibility index (Phi) is 7.59. The summed E-state index contributed by atoms with van der Waals surface area (Å²) in [5.74, 6) is 0.344. The van der Waals surface area contributed by atoms with E-state index in [9.17, 15) is 9.18 Å². The van der Waals surface area contributed by atoms with Gasteiger partial charge in [-0.3, -0.25) is 4.79 Å². The number of benzene rings is 3. The van der Waals surface area contributed by atoms with E-state index in [0.29, 0.717) is 18.2 Å². The molecule has 0 unspecified atom stereocenters. The van der Waals surface area contributed by atoms with Gasteiger partial charge in [-0.05, 0) is 55.3 Å². The molecule has 2 N–H and O–H groups in total. The summed E-state index contributed by atoms with van der Waals surface area (Å²) in [5, 5.41) is 15.3. The minimum atomic E-state index is -0.378. The minimum Gasteiger partial charge on any atom is -0.378 e. The Bertz CT molecular complexity index is 1240. The lowest BCUT2D eigenvalue weighted by Crippen LogP contribution is -2.23. The number of aromatic nitrogens is 3. The lowest BCUT2D eigenvalue weighted by Gasteiger charge is -2.15. The monoisotopic (exact) mass is 475 g/mol. The third kappa shape index (κ3) is 6.02. The average molecular weight is 476 g/mol. The van der Waals surface area contributed by atoms with Crippen molar-refractivity contribution in [3.05, 3.63) is 102 Å². The van der Waals surface area contributed by atoms with Gasteiger partial charge in [-0.15, -0.1) is 10.2 Å². The van der Waals surface area contributed by atoms with Crippen LogP contribution in [0.1, 0.15) is 23.9 Å². The molecule has 0 fully saturated rings. The molecule has 3 aromatic carbocycles. The van der Waals surface area contributed by atoms with E-state index in [1.54, 1.807) is 12.1 Å². The van der Waals surface area contributed by atoms with Gasteiger partial charge in [0.1, 0.15) is 5.82 Å². The topological polar surface area (TPSA) is 71.8 Å². The zero-order valence-electron chi connectivity index (χ0n) is 19.0. The number of para-hydroxylation sites is 1. The van der Waals surface area contributed by atoms with Crippen LogP contribution in [0.15, 0.2) is 84.0 Å². The minimum absolute atomic E-state index is 0.0976. The maximum Gasteiger partial charge on any atom is 0.237 e. The number of carbonyl (C=O) groups is 1. The van der Waals surface area contributed by atoms with Crippen molar-refractivity contribution in [1.82, 2.24) is 14.8 Å². The molecule has 1 atom stereocenters. The Morgan fingerprint density at radius 1 is 1.00 bits per heavy atom. The Balaban J connectivity index is 1.51. The molecule has 0 bridgehead atoms.